The van der Waals surface area contributed by atoms with Crippen molar-refractivity contribution in [3.8, 4) is 0 Å². The molecule has 0 aromatic carbocycles. The second-order valence-electron chi connectivity index (χ2n) is 3.14. The van der Waals surface area contributed by atoms with Crippen molar-refractivity contribution in [3.63, 3.8) is 0 Å². The van der Waals surface area contributed by atoms with Crippen molar-refractivity contribution < 1.29 is 4.79 Å². The summed E-state index contributed by atoms with van der Waals surface area (Å²) in [5, 5.41) is 5.24. The topological polar surface area (TPSA) is 68.0 Å². The molecule has 4 nitrogen and oxygen atoms in total. The van der Waals surface area contributed by atoms with Crippen LogP contribution in [-0.2, 0) is 4.79 Å². The van der Waals surface area contributed by atoms with Gasteiger partial charge in [0, 0.05) is 5.38 Å². The molecule has 6 heteroatoms. The first-order valence-electron chi connectivity index (χ1n) is 4.62. The minimum Gasteiger partial charge on any atom is -0.322 e. The van der Waals surface area contributed by atoms with E-state index in [0.29, 0.717) is 11.0 Å². The first-order valence-corrected chi connectivity index (χ1v) is 5.50. The Morgan fingerprint density at radius 3 is 2.93 bits per heavy atom. The number of rotatable bonds is 4. The van der Waals surface area contributed by atoms with Gasteiger partial charge in [-0.1, -0.05) is 13.8 Å². The number of thiazole rings is 1. The maximum Gasteiger partial charge on any atom is 0.239 e. The fourth-order valence-corrected chi connectivity index (χ4v) is 1.80. The molecule has 0 saturated carbocycles. The van der Waals surface area contributed by atoms with Crippen molar-refractivity contribution in [2.75, 3.05) is 11.9 Å². The predicted octanol–water partition coefficient (Wildman–Crippen LogP) is 1.98. The Labute approximate surface area is 99.7 Å². The normalized spacial score (nSPS) is 11.7. The summed E-state index contributed by atoms with van der Waals surface area (Å²) in [5.41, 5.74) is 6.21. The zero-order valence-corrected chi connectivity index (χ0v) is 10.5. The summed E-state index contributed by atoms with van der Waals surface area (Å²) < 4.78 is 0. The quantitative estimate of drug-likeness (QED) is 0.857. The lowest BCUT2D eigenvalue weighted by molar-refractivity contribution is -0.114. The zero-order chi connectivity index (χ0) is 10.6. The van der Waals surface area contributed by atoms with E-state index >= 15 is 0 Å². The lowest BCUT2D eigenvalue weighted by Gasteiger charge is -2.02. The van der Waals surface area contributed by atoms with Crippen molar-refractivity contribution in [2.45, 2.75) is 26.2 Å². The van der Waals surface area contributed by atoms with E-state index in [1.54, 1.807) is 0 Å². The number of halogens is 1. The number of aromatic nitrogens is 1. The van der Waals surface area contributed by atoms with Crippen LogP contribution in [0.4, 0.5) is 5.13 Å². The van der Waals surface area contributed by atoms with Crippen LogP contribution >= 0.6 is 23.7 Å². The number of nitrogens with zero attached hydrogens (tertiary/aromatic N) is 1. The number of amides is 1. The summed E-state index contributed by atoms with van der Waals surface area (Å²) in [7, 11) is 0. The minimum absolute atomic E-state index is 0. The summed E-state index contributed by atoms with van der Waals surface area (Å²) in [5.74, 6) is 0.241. The fraction of sp³-hybridized carbons (Fsp3) is 0.556. The molecule has 1 atom stereocenters. The Balaban J connectivity index is 0.00000196. The fourth-order valence-electron chi connectivity index (χ4n) is 0.949. The largest absolute Gasteiger partial charge is 0.322 e. The van der Waals surface area contributed by atoms with Crippen LogP contribution in [0, 0.1) is 0 Å². The summed E-state index contributed by atoms with van der Waals surface area (Å²) >= 11 is 1.44. The molecule has 15 heavy (non-hydrogen) atoms. The Morgan fingerprint density at radius 2 is 2.40 bits per heavy atom. The first kappa shape index (κ1) is 14.3. The SMILES string of the molecule is CCC(C)c1csc(NC(=O)CN)n1.Cl. The predicted molar refractivity (Wildman–Crippen MR) is 65.8 cm³/mol. The molecule has 0 aliphatic heterocycles. The maximum absolute atomic E-state index is 11.0. The number of carbonyl (C=O) groups is 1. The number of hydrogen-bond acceptors (Lipinski definition) is 4. The van der Waals surface area contributed by atoms with E-state index in [4.69, 9.17) is 5.73 Å². The number of nitrogens with one attached hydrogen (secondary N) is 1. The molecule has 0 bridgehead atoms. The van der Waals surface area contributed by atoms with Gasteiger partial charge < -0.3 is 11.1 Å². The number of carbonyl (C=O) groups excluding carboxylic acids is 1. The average Bonchev–Trinajstić information content (AvgIpc) is 2.65. The molecule has 1 aromatic heterocycles. The van der Waals surface area contributed by atoms with Crippen LogP contribution < -0.4 is 11.1 Å². The molecule has 0 aliphatic rings. The van der Waals surface area contributed by atoms with Crippen molar-refractivity contribution in [3.05, 3.63) is 11.1 Å². The van der Waals surface area contributed by atoms with E-state index in [-0.39, 0.29) is 24.9 Å². The Hall–Kier alpha value is -0.650. The smallest absolute Gasteiger partial charge is 0.239 e. The van der Waals surface area contributed by atoms with E-state index in [2.05, 4.69) is 24.1 Å². The van der Waals surface area contributed by atoms with Gasteiger partial charge in [-0.15, -0.1) is 23.7 Å². The van der Waals surface area contributed by atoms with Gasteiger partial charge in [0.1, 0.15) is 0 Å². The Bertz CT molecular complexity index is 316. The molecule has 1 heterocycles. The molecule has 3 N–H and O–H groups in total. The van der Waals surface area contributed by atoms with Gasteiger partial charge in [0.25, 0.3) is 0 Å². The summed E-state index contributed by atoms with van der Waals surface area (Å²) in [6.07, 6.45) is 1.05. The van der Waals surface area contributed by atoms with Crippen LogP contribution in [-0.4, -0.2) is 17.4 Å². The molecule has 86 valence electrons. The third-order valence-corrected chi connectivity index (χ3v) is 2.85. The number of hydrogen-bond donors (Lipinski definition) is 2. The highest BCUT2D eigenvalue weighted by atomic mass is 35.5. The van der Waals surface area contributed by atoms with Crippen LogP contribution in [0.5, 0.6) is 0 Å². The summed E-state index contributed by atoms with van der Waals surface area (Å²) in [4.78, 5) is 15.3. The molecule has 0 aliphatic carbocycles. The Kier molecular flexibility index (Phi) is 6.47. The van der Waals surface area contributed by atoms with Crippen LogP contribution in [0.25, 0.3) is 0 Å². The van der Waals surface area contributed by atoms with Crippen LogP contribution in [0.1, 0.15) is 31.9 Å². The van der Waals surface area contributed by atoms with Crippen LogP contribution in [0.3, 0.4) is 0 Å². The molecule has 0 spiro atoms. The molecular formula is C9H16ClN3OS. The molecule has 1 aromatic rings. The molecule has 1 amide bonds. The maximum atomic E-state index is 11.0. The van der Waals surface area contributed by atoms with E-state index in [1.807, 2.05) is 5.38 Å². The monoisotopic (exact) mass is 249 g/mol. The van der Waals surface area contributed by atoms with E-state index in [0.717, 1.165) is 12.1 Å². The first-order chi connectivity index (χ1) is 6.67. The summed E-state index contributed by atoms with van der Waals surface area (Å²) in [6.45, 7) is 4.23. The van der Waals surface area contributed by atoms with E-state index < -0.39 is 0 Å². The van der Waals surface area contributed by atoms with Crippen molar-refractivity contribution in [2.24, 2.45) is 5.73 Å². The van der Waals surface area contributed by atoms with Gasteiger partial charge in [-0.05, 0) is 12.3 Å². The third kappa shape index (κ3) is 4.15. The van der Waals surface area contributed by atoms with Gasteiger partial charge in [0.15, 0.2) is 5.13 Å². The van der Waals surface area contributed by atoms with Crippen LogP contribution in [0.15, 0.2) is 5.38 Å². The average molecular weight is 250 g/mol. The molecule has 0 radical (unpaired) electrons. The van der Waals surface area contributed by atoms with E-state index in [9.17, 15) is 4.79 Å². The van der Waals surface area contributed by atoms with Crippen molar-refractivity contribution in [1.29, 1.82) is 0 Å². The highest BCUT2D eigenvalue weighted by Crippen LogP contribution is 2.23. The molecular weight excluding hydrogens is 234 g/mol. The Morgan fingerprint density at radius 1 is 1.73 bits per heavy atom. The van der Waals surface area contributed by atoms with E-state index in [1.165, 1.54) is 11.3 Å². The molecule has 1 rings (SSSR count). The zero-order valence-electron chi connectivity index (χ0n) is 8.82. The number of nitrogens with two attached hydrogens (primary N) is 1. The van der Waals surface area contributed by atoms with Gasteiger partial charge in [0.05, 0.1) is 12.2 Å². The van der Waals surface area contributed by atoms with Crippen molar-refractivity contribution in [1.82, 2.24) is 4.98 Å². The lowest BCUT2D eigenvalue weighted by atomic mass is 10.1. The van der Waals surface area contributed by atoms with Gasteiger partial charge in [0.2, 0.25) is 5.91 Å². The van der Waals surface area contributed by atoms with Gasteiger partial charge in [-0.3, -0.25) is 4.79 Å². The van der Waals surface area contributed by atoms with Gasteiger partial charge in [-0.2, -0.15) is 0 Å². The molecule has 0 fully saturated rings. The highest BCUT2D eigenvalue weighted by Gasteiger charge is 2.09. The third-order valence-electron chi connectivity index (χ3n) is 2.07. The summed E-state index contributed by atoms with van der Waals surface area (Å²) in [6, 6.07) is 0. The van der Waals surface area contributed by atoms with Crippen LogP contribution in [0.2, 0.25) is 0 Å². The second kappa shape index (κ2) is 6.76. The van der Waals surface area contributed by atoms with Gasteiger partial charge in [-0.25, -0.2) is 4.98 Å². The van der Waals surface area contributed by atoms with Crippen molar-refractivity contribution >= 4 is 34.8 Å². The lowest BCUT2D eigenvalue weighted by Crippen LogP contribution is -2.21. The van der Waals surface area contributed by atoms with Gasteiger partial charge >= 0.3 is 0 Å². The second-order valence-corrected chi connectivity index (χ2v) is 4.00. The highest BCUT2D eigenvalue weighted by molar-refractivity contribution is 7.13. The standard InChI is InChI=1S/C9H15N3OS.ClH/c1-3-6(2)7-5-14-9(11-7)12-8(13)4-10;/h5-6H,3-4,10H2,1-2H3,(H,11,12,13);1H. The number of anilines is 1. The minimum atomic E-state index is -0.199. The molecule has 1 unspecified atom stereocenters. The molecule has 0 saturated heterocycles.